The van der Waals surface area contributed by atoms with Gasteiger partial charge in [-0.2, -0.15) is 11.8 Å². The molecule has 1 fully saturated rings. The lowest BCUT2D eigenvalue weighted by Gasteiger charge is -2.42. The molecule has 0 spiro atoms. The summed E-state index contributed by atoms with van der Waals surface area (Å²) in [6, 6.07) is 28.4. The lowest BCUT2D eigenvalue weighted by atomic mass is 9.79. The van der Waals surface area contributed by atoms with E-state index < -0.39 is 46.8 Å². The van der Waals surface area contributed by atoms with Crippen molar-refractivity contribution in [3.05, 3.63) is 135 Å². The molecular formula is C31H31ClN2O6S. The van der Waals surface area contributed by atoms with Crippen molar-refractivity contribution < 1.29 is 19.3 Å². The summed E-state index contributed by atoms with van der Waals surface area (Å²) in [4.78, 5) is 26.8. The van der Waals surface area contributed by atoms with Crippen molar-refractivity contribution in [2.45, 2.75) is 28.9 Å². The van der Waals surface area contributed by atoms with E-state index in [4.69, 9.17) is 25.8 Å². The van der Waals surface area contributed by atoms with Gasteiger partial charge in [-0.1, -0.05) is 72.8 Å². The minimum Gasteiger partial charge on any atom is -0.497 e. The lowest BCUT2D eigenvalue weighted by Crippen LogP contribution is -2.53. The van der Waals surface area contributed by atoms with E-state index in [0.717, 1.165) is 16.7 Å². The Kier molecular flexibility index (Phi) is 8.72. The first kappa shape index (κ1) is 29.2. The number of rotatable bonds is 10. The molecule has 0 saturated carbocycles. The van der Waals surface area contributed by atoms with E-state index in [0.29, 0.717) is 11.5 Å². The van der Waals surface area contributed by atoms with Gasteiger partial charge in [0.25, 0.3) is 5.56 Å². The Morgan fingerprint density at radius 3 is 2.07 bits per heavy atom. The fourth-order valence-electron chi connectivity index (χ4n) is 5.42. The second-order valence-corrected chi connectivity index (χ2v) is 11.2. The topological polar surface area (TPSA) is 103 Å². The number of thioether (sulfide) groups is 1. The van der Waals surface area contributed by atoms with Crippen LogP contribution in [0.4, 0.5) is 0 Å². The van der Waals surface area contributed by atoms with Gasteiger partial charge in [0.05, 0.1) is 13.7 Å². The van der Waals surface area contributed by atoms with Crippen LogP contribution in [0.1, 0.15) is 22.9 Å². The van der Waals surface area contributed by atoms with Crippen molar-refractivity contribution >= 4 is 23.4 Å². The maximum atomic E-state index is 12.8. The second kappa shape index (κ2) is 12.3. The molecule has 8 nitrogen and oxygen atoms in total. The highest BCUT2D eigenvalue weighted by Crippen LogP contribution is 2.49. The molecule has 4 atom stereocenters. The zero-order valence-corrected chi connectivity index (χ0v) is 24.2. The van der Waals surface area contributed by atoms with Gasteiger partial charge >= 0.3 is 5.69 Å². The molecule has 214 valence electrons. The number of alkyl halides is 1. The number of H-pyrrole nitrogens is 1. The molecule has 41 heavy (non-hydrogen) atoms. The van der Waals surface area contributed by atoms with Gasteiger partial charge in [-0.05, 0) is 35.1 Å². The zero-order chi connectivity index (χ0) is 29.0. The molecule has 0 radical (unpaired) electrons. The SMILES string of the molecule is COc1ccc(C(O[C@H]2[C@H](Cl)[C@H](n3ccc(=O)[nH]c3=O)O[C@@]2(CO)CSC)(c2ccccc2)c2ccccc2)cc1. The molecule has 1 aromatic heterocycles. The van der Waals surface area contributed by atoms with Crippen LogP contribution in [-0.2, 0) is 15.1 Å². The first-order chi connectivity index (χ1) is 19.9. The maximum absolute atomic E-state index is 12.8. The minimum absolute atomic E-state index is 0.328. The highest BCUT2D eigenvalue weighted by atomic mass is 35.5. The highest BCUT2D eigenvalue weighted by molar-refractivity contribution is 7.98. The smallest absolute Gasteiger partial charge is 0.330 e. The Balaban J connectivity index is 1.74. The predicted octanol–water partition coefficient (Wildman–Crippen LogP) is 4.15. The van der Waals surface area contributed by atoms with Gasteiger partial charge < -0.3 is 19.3 Å². The van der Waals surface area contributed by atoms with Crippen LogP contribution >= 0.6 is 23.4 Å². The van der Waals surface area contributed by atoms with Gasteiger partial charge in [0.1, 0.15) is 28.4 Å². The molecule has 0 bridgehead atoms. The summed E-state index contributed by atoms with van der Waals surface area (Å²) in [5.74, 6) is 1.02. The van der Waals surface area contributed by atoms with Gasteiger partial charge in [-0.15, -0.1) is 11.6 Å². The summed E-state index contributed by atoms with van der Waals surface area (Å²) in [6.07, 6.45) is 1.31. The van der Waals surface area contributed by atoms with E-state index >= 15 is 0 Å². The summed E-state index contributed by atoms with van der Waals surface area (Å²) in [6.45, 7) is -0.418. The van der Waals surface area contributed by atoms with Crippen molar-refractivity contribution in [3.8, 4) is 5.75 Å². The Morgan fingerprint density at radius 1 is 0.976 bits per heavy atom. The Hall–Kier alpha value is -3.34. The number of aromatic nitrogens is 2. The van der Waals surface area contributed by atoms with E-state index in [1.165, 1.54) is 28.6 Å². The number of aliphatic hydroxyl groups excluding tert-OH is 1. The normalized spacial score (nSPS) is 22.5. The Morgan fingerprint density at radius 2 is 1.56 bits per heavy atom. The molecule has 0 aliphatic carbocycles. The molecule has 4 aromatic rings. The van der Waals surface area contributed by atoms with Gasteiger partial charge in [-0.3, -0.25) is 14.3 Å². The third kappa shape index (κ3) is 5.36. The first-order valence-electron chi connectivity index (χ1n) is 13.0. The molecule has 10 heteroatoms. The third-order valence-electron chi connectivity index (χ3n) is 7.38. The van der Waals surface area contributed by atoms with E-state index in [1.807, 2.05) is 91.2 Å². The fraction of sp³-hybridized carbons (Fsp3) is 0.290. The van der Waals surface area contributed by atoms with Gasteiger partial charge in [0.15, 0.2) is 6.23 Å². The monoisotopic (exact) mass is 594 g/mol. The van der Waals surface area contributed by atoms with Crippen LogP contribution in [0.15, 0.2) is 107 Å². The number of ether oxygens (including phenoxy) is 3. The first-order valence-corrected chi connectivity index (χ1v) is 14.9. The van der Waals surface area contributed by atoms with Crippen LogP contribution in [0.5, 0.6) is 5.75 Å². The third-order valence-corrected chi connectivity index (χ3v) is 8.60. The van der Waals surface area contributed by atoms with E-state index in [9.17, 15) is 14.7 Å². The fourth-order valence-corrected chi connectivity index (χ4v) is 6.69. The standard InChI is InChI=1S/C31H31ClN2O6S/c1-38-24-15-13-23(14-16-24)31(21-9-5-3-6-10-21,22-11-7-4-8-12-22)39-27-26(32)28(40-30(27,19-35)20-41-2)34-18-17-25(36)33-29(34)37/h3-18,26-28,35H,19-20H2,1-2H3,(H,33,36,37)/t26-,27-,28+,30-/m0/s1. The number of hydrogen-bond donors (Lipinski definition) is 2. The molecule has 5 rings (SSSR count). The number of aliphatic hydroxyl groups is 1. The van der Waals surface area contributed by atoms with Crippen LogP contribution in [-0.4, -0.2) is 57.5 Å². The maximum Gasteiger partial charge on any atom is 0.330 e. The number of methoxy groups -OCH3 is 1. The zero-order valence-electron chi connectivity index (χ0n) is 22.6. The second-order valence-electron chi connectivity index (χ2n) is 9.81. The highest BCUT2D eigenvalue weighted by Gasteiger charge is 2.59. The van der Waals surface area contributed by atoms with Crippen molar-refractivity contribution in [2.75, 3.05) is 25.7 Å². The minimum atomic E-state index is -1.28. The van der Waals surface area contributed by atoms with Crippen LogP contribution in [0.3, 0.4) is 0 Å². The number of hydrogen-bond acceptors (Lipinski definition) is 7. The number of aromatic amines is 1. The number of halogens is 1. The van der Waals surface area contributed by atoms with Crippen LogP contribution in [0.2, 0.25) is 0 Å². The summed E-state index contributed by atoms with van der Waals surface area (Å²) in [7, 11) is 1.61. The van der Waals surface area contributed by atoms with E-state index in [2.05, 4.69) is 4.98 Å². The predicted molar refractivity (Wildman–Crippen MR) is 160 cm³/mol. The largest absolute Gasteiger partial charge is 0.497 e. The lowest BCUT2D eigenvalue weighted by molar-refractivity contribution is -0.151. The van der Waals surface area contributed by atoms with Crippen LogP contribution in [0, 0.1) is 0 Å². The molecule has 0 amide bonds. The van der Waals surface area contributed by atoms with Crippen LogP contribution in [0.25, 0.3) is 0 Å². The summed E-state index contributed by atoms with van der Waals surface area (Å²) in [5.41, 5.74) is -1.21. The summed E-state index contributed by atoms with van der Waals surface area (Å²) >= 11 is 8.63. The van der Waals surface area contributed by atoms with Gasteiger partial charge in [0.2, 0.25) is 0 Å². The molecular weight excluding hydrogens is 564 g/mol. The Labute approximate surface area is 246 Å². The quantitative estimate of drug-likeness (QED) is 0.210. The van der Waals surface area contributed by atoms with E-state index in [1.54, 1.807) is 7.11 Å². The molecule has 2 N–H and O–H groups in total. The molecule has 1 saturated heterocycles. The van der Waals surface area contributed by atoms with Crippen molar-refractivity contribution in [1.82, 2.24) is 9.55 Å². The van der Waals surface area contributed by atoms with Crippen molar-refractivity contribution in [1.29, 1.82) is 0 Å². The van der Waals surface area contributed by atoms with Gasteiger partial charge in [-0.25, -0.2) is 4.79 Å². The molecule has 1 aliphatic rings. The average molecular weight is 595 g/mol. The van der Waals surface area contributed by atoms with Crippen molar-refractivity contribution in [3.63, 3.8) is 0 Å². The van der Waals surface area contributed by atoms with Gasteiger partial charge in [0, 0.05) is 18.0 Å². The molecule has 1 aliphatic heterocycles. The molecule has 0 unspecified atom stereocenters. The van der Waals surface area contributed by atoms with E-state index in [-0.39, 0.29) is 0 Å². The average Bonchev–Trinajstić information content (AvgIpc) is 3.27. The number of nitrogens with zero attached hydrogens (tertiary/aromatic N) is 1. The number of benzene rings is 3. The number of nitrogens with one attached hydrogen (secondary N) is 1. The summed E-state index contributed by atoms with van der Waals surface area (Å²) in [5, 5.41) is 9.92. The van der Waals surface area contributed by atoms with Crippen LogP contribution < -0.4 is 16.0 Å². The Bertz CT molecular complexity index is 1520. The van der Waals surface area contributed by atoms with Crippen molar-refractivity contribution in [2.24, 2.45) is 0 Å². The molecule has 3 aromatic carbocycles. The molecule has 2 heterocycles. The summed E-state index contributed by atoms with van der Waals surface area (Å²) < 4.78 is 20.4.